The van der Waals surface area contributed by atoms with Crippen LogP contribution in [0.25, 0.3) is 0 Å². The highest BCUT2D eigenvalue weighted by Gasteiger charge is 2.68. The van der Waals surface area contributed by atoms with Crippen LogP contribution in [0.15, 0.2) is 12.7 Å². The summed E-state index contributed by atoms with van der Waals surface area (Å²) in [5, 5.41) is 18.6. The predicted molar refractivity (Wildman–Crippen MR) is 45.5 cm³/mol. The van der Waals surface area contributed by atoms with Crippen LogP contribution in [0, 0.1) is 5.92 Å². The summed E-state index contributed by atoms with van der Waals surface area (Å²) in [6, 6.07) is 0. The third-order valence-corrected chi connectivity index (χ3v) is 2.83. The van der Waals surface area contributed by atoms with E-state index in [1.807, 2.05) is 0 Å². The van der Waals surface area contributed by atoms with E-state index >= 15 is 0 Å². The molecule has 3 heterocycles. The Kier molecular flexibility index (Phi) is 1.92. The average molecular weight is 200 g/mol. The molecule has 3 aliphatic rings. The molecule has 2 N–H and O–H groups in total. The molecule has 5 heteroatoms. The second kappa shape index (κ2) is 2.79. The first-order valence-electron chi connectivity index (χ1n) is 4.42. The lowest BCUT2D eigenvalue weighted by atomic mass is 9.78. The van der Waals surface area contributed by atoms with Crippen molar-refractivity contribution in [3.63, 3.8) is 0 Å². The van der Waals surface area contributed by atoms with E-state index in [9.17, 15) is 9.90 Å². The van der Waals surface area contributed by atoms with Gasteiger partial charge in [0.05, 0.1) is 12.0 Å². The van der Waals surface area contributed by atoms with Gasteiger partial charge in [-0.05, 0) is 6.92 Å². The van der Waals surface area contributed by atoms with E-state index in [2.05, 4.69) is 6.58 Å². The number of fused-ring (bicyclic) bond motifs is 2. The number of ether oxygens (including phenoxy) is 2. The lowest BCUT2D eigenvalue weighted by molar-refractivity contribution is -0.428. The van der Waals surface area contributed by atoms with Gasteiger partial charge in [-0.3, -0.25) is 0 Å². The zero-order chi connectivity index (χ0) is 10.5. The van der Waals surface area contributed by atoms with Gasteiger partial charge in [0.25, 0.3) is 5.79 Å². The van der Waals surface area contributed by atoms with Crippen LogP contribution in [-0.4, -0.2) is 40.3 Å². The zero-order valence-corrected chi connectivity index (χ0v) is 7.71. The molecule has 0 aliphatic carbocycles. The van der Waals surface area contributed by atoms with Crippen molar-refractivity contribution >= 4 is 5.97 Å². The van der Waals surface area contributed by atoms with Crippen LogP contribution < -0.4 is 0 Å². The summed E-state index contributed by atoms with van der Waals surface area (Å²) in [7, 11) is 0. The van der Waals surface area contributed by atoms with Crippen molar-refractivity contribution in [2.24, 2.45) is 5.92 Å². The summed E-state index contributed by atoms with van der Waals surface area (Å²) in [5.74, 6) is -3.27. The predicted octanol–water partition coefficient (Wildman–Crippen LogP) is -0.252. The summed E-state index contributed by atoms with van der Waals surface area (Å²) < 4.78 is 10.2. The fourth-order valence-corrected chi connectivity index (χ4v) is 2.03. The first kappa shape index (κ1) is 9.64. The molecule has 3 rings (SSSR count). The molecule has 5 nitrogen and oxygen atoms in total. The second-order valence-corrected chi connectivity index (χ2v) is 3.63. The van der Waals surface area contributed by atoms with Crippen molar-refractivity contribution in [3.05, 3.63) is 12.7 Å². The van der Waals surface area contributed by atoms with Crippen LogP contribution in [0.2, 0.25) is 0 Å². The molecule has 2 bridgehead atoms. The molecule has 0 aromatic rings. The molecule has 3 saturated heterocycles. The summed E-state index contributed by atoms with van der Waals surface area (Å²) in [4.78, 5) is 11.0. The highest BCUT2D eigenvalue weighted by atomic mass is 16.8. The van der Waals surface area contributed by atoms with Gasteiger partial charge in [-0.15, -0.1) is 6.58 Å². The molecule has 3 aliphatic heterocycles. The van der Waals surface area contributed by atoms with Gasteiger partial charge in [0.1, 0.15) is 12.2 Å². The zero-order valence-electron chi connectivity index (χ0n) is 7.71. The molecule has 0 saturated carbocycles. The fraction of sp³-hybridized carbons (Fsp3) is 0.667. The van der Waals surface area contributed by atoms with Crippen LogP contribution in [0.1, 0.15) is 6.92 Å². The summed E-state index contributed by atoms with van der Waals surface area (Å²) >= 11 is 0. The van der Waals surface area contributed by atoms with Gasteiger partial charge in [-0.1, -0.05) is 6.08 Å². The van der Waals surface area contributed by atoms with E-state index in [1.165, 1.54) is 6.08 Å². The Morgan fingerprint density at radius 3 is 2.71 bits per heavy atom. The van der Waals surface area contributed by atoms with Crippen molar-refractivity contribution in [1.82, 2.24) is 0 Å². The first-order valence-corrected chi connectivity index (χ1v) is 4.42. The average Bonchev–Trinajstić information content (AvgIpc) is 2.08. The Balaban J connectivity index is 2.29. The number of hydrogen-bond donors (Lipinski definition) is 2. The normalized spacial score (nSPS) is 50.7. The molecule has 0 aromatic carbocycles. The largest absolute Gasteiger partial charge is 0.477 e. The Hall–Kier alpha value is -0.910. The highest BCUT2D eigenvalue weighted by Crippen LogP contribution is 2.48. The maximum absolute atomic E-state index is 11.0. The van der Waals surface area contributed by atoms with Gasteiger partial charge in [0.15, 0.2) is 0 Å². The Morgan fingerprint density at radius 2 is 2.21 bits per heavy atom. The van der Waals surface area contributed by atoms with Gasteiger partial charge >= 0.3 is 5.97 Å². The summed E-state index contributed by atoms with van der Waals surface area (Å²) in [6.45, 7) is 5.14. The molecule has 3 unspecified atom stereocenters. The Labute approximate surface area is 80.9 Å². The molecule has 0 radical (unpaired) electrons. The fourth-order valence-electron chi connectivity index (χ4n) is 2.03. The van der Waals surface area contributed by atoms with Gasteiger partial charge in [0.2, 0.25) is 0 Å². The molecule has 0 spiro atoms. The lowest BCUT2D eigenvalue weighted by Gasteiger charge is -2.57. The van der Waals surface area contributed by atoms with Crippen molar-refractivity contribution in [1.29, 1.82) is 0 Å². The number of carboxylic acid groups (broad SMARTS) is 1. The molecule has 14 heavy (non-hydrogen) atoms. The monoisotopic (exact) mass is 200 g/mol. The third kappa shape index (κ3) is 0.917. The van der Waals surface area contributed by atoms with Gasteiger partial charge < -0.3 is 19.7 Å². The quantitative estimate of drug-likeness (QED) is 0.601. The number of aliphatic hydroxyl groups is 1. The van der Waals surface area contributed by atoms with Crippen LogP contribution >= 0.6 is 0 Å². The number of carbonyl (C=O) groups is 1. The molecule has 0 aromatic heterocycles. The standard InChI is InChI=1S/C9H12O5/c1-3-5-7-6(10)4(2)13-9(5,14-7)8(11)12/h3-7,10H,1H2,2H3,(H,11,12)/t4-,5-,6?,7?,9?/m0/s1. The third-order valence-electron chi connectivity index (χ3n) is 2.83. The molecular weight excluding hydrogens is 188 g/mol. The van der Waals surface area contributed by atoms with Gasteiger partial charge in [-0.25, -0.2) is 4.79 Å². The number of hydrogen-bond acceptors (Lipinski definition) is 4. The number of aliphatic hydroxyl groups excluding tert-OH is 1. The van der Waals surface area contributed by atoms with Crippen LogP contribution in [0.3, 0.4) is 0 Å². The van der Waals surface area contributed by atoms with Crippen LogP contribution in [-0.2, 0) is 14.3 Å². The second-order valence-electron chi connectivity index (χ2n) is 3.63. The van der Waals surface area contributed by atoms with E-state index in [1.54, 1.807) is 6.92 Å². The maximum Gasteiger partial charge on any atom is 0.365 e. The molecule has 78 valence electrons. The van der Waals surface area contributed by atoms with Crippen LogP contribution in [0.4, 0.5) is 0 Å². The number of carboxylic acids is 1. The van der Waals surface area contributed by atoms with Crippen molar-refractivity contribution in [2.45, 2.75) is 31.0 Å². The van der Waals surface area contributed by atoms with E-state index < -0.39 is 36.0 Å². The van der Waals surface area contributed by atoms with Crippen molar-refractivity contribution in [3.8, 4) is 0 Å². The van der Waals surface area contributed by atoms with E-state index in [0.29, 0.717) is 0 Å². The maximum atomic E-state index is 11.0. The first-order chi connectivity index (χ1) is 6.53. The van der Waals surface area contributed by atoms with Crippen molar-refractivity contribution < 1.29 is 24.5 Å². The van der Waals surface area contributed by atoms with E-state index in [0.717, 1.165) is 0 Å². The summed E-state index contributed by atoms with van der Waals surface area (Å²) in [6.07, 6.45) is -0.371. The highest BCUT2D eigenvalue weighted by molar-refractivity contribution is 5.78. The molecule has 0 amide bonds. The lowest BCUT2D eigenvalue weighted by Crippen LogP contribution is -2.75. The topological polar surface area (TPSA) is 76.0 Å². The summed E-state index contributed by atoms with van der Waals surface area (Å²) in [5.41, 5.74) is 0. The minimum atomic E-state index is -1.62. The van der Waals surface area contributed by atoms with Gasteiger partial charge in [0, 0.05) is 0 Å². The van der Waals surface area contributed by atoms with Gasteiger partial charge in [-0.2, -0.15) is 0 Å². The molecule has 5 atom stereocenters. The SMILES string of the molecule is C=C[C@H]1C2OC1(C(=O)O)O[C@@H](C)C2O. The number of aliphatic carboxylic acids is 1. The molecule has 3 fully saturated rings. The van der Waals surface area contributed by atoms with E-state index in [-0.39, 0.29) is 0 Å². The minimum absolute atomic E-state index is 0.480. The number of rotatable bonds is 2. The van der Waals surface area contributed by atoms with Crippen LogP contribution in [0.5, 0.6) is 0 Å². The molecular formula is C9H12O5. The smallest absolute Gasteiger partial charge is 0.365 e. The van der Waals surface area contributed by atoms with E-state index in [4.69, 9.17) is 14.6 Å². The van der Waals surface area contributed by atoms with Crippen molar-refractivity contribution in [2.75, 3.05) is 0 Å². The minimum Gasteiger partial charge on any atom is -0.477 e. The Morgan fingerprint density at radius 1 is 1.57 bits per heavy atom. The Bertz CT molecular complexity index is 289.